The summed E-state index contributed by atoms with van der Waals surface area (Å²) in [5, 5.41) is 0. The van der Waals surface area contributed by atoms with Gasteiger partial charge in [0.1, 0.15) is 0 Å². The van der Waals surface area contributed by atoms with Crippen LogP contribution < -0.4 is 0 Å². The molecular formula is C10H24O2Si. The van der Waals surface area contributed by atoms with E-state index < -0.39 is 8.07 Å². The highest BCUT2D eigenvalue weighted by atomic mass is 28.3. The zero-order valence-electron chi connectivity index (χ0n) is 9.72. The van der Waals surface area contributed by atoms with Gasteiger partial charge in [-0.3, -0.25) is 0 Å². The van der Waals surface area contributed by atoms with E-state index in [1.807, 2.05) is 0 Å². The number of rotatable bonds is 7. The van der Waals surface area contributed by atoms with Crippen LogP contribution >= 0.6 is 0 Å². The number of hydrogen-bond donors (Lipinski definition) is 0. The van der Waals surface area contributed by atoms with Crippen LogP contribution in [0.2, 0.25) is 25.7 Å². The summed E-state index contributed by atoms with van der Waals surface area (Å²) < 4.78 is 10.3. The first-order chi connectivity index (χ1) is 5.99. The lowest BCUT2D eigenvalue weighted by Crippen LogP contribution is -2.23. The van der Waals surface area contributed by atoms with Crippen molar-refractivity contribution in [3.8, 4) is 0 Å². The Kier molecular flexibility index (Phi) is 6.64. The van der Waals surface area contributed by atoms with E-state index in [2.05, 4.69) is 19.6 Å². The smallest absolute Gasteiger partial charge is 0.0512 e. The van der Waals surface area contributed by atoms with Gasteiger partial charge in [-0.05, 0) is 6.42 Å². The summed E-state index contributed by atoms with van der Waals surface area (Å²) in [6.45, 7) is 8.88. The molecule has 0 aromatic heterocycles. The maximum atomic E-state index is 5.16. The Morgan fingerprint density at radius 2 is 1.46 bits per heavy atom. The van der Waals surface area contributed by atoms with E-state index in [1.165, 1.54) is 12.5 Å². The molecule has 2 nitrogen and oxygen atoms in total. The fourth-order valence-corrected chi connectivity index (χ4v) is 2.60. The molecule has 0 saturated heterocycles. The molecule has 13 heavy (non-hydrogen) atoms. The molecule has 0 aliphatic heterocycles. The molecule has 0 amide bonds. The van der Waals surface area contributed by atoms with Crippen molar-refractivity contribution in [2.24, 2.45) is 5.92 Å². The fraction of sp³-hybridized carbons (Fsp3) is 1.00. The lowest BCUT2D eigenvalue weighted by Gasteiger charge is -2.20. The Balaban J connectivity index is 3.68. The van der Waals surface area contributed by atoms with E-state index >= 15 is 0 Å². The third kappa shape index (κ3) is 8.47. The average molecular weight is 204 g/mol. The second-order valence-electron chi connectivity index (χ2n) is 4.88. The minimum atomic E-state index is -0.889. The molecule has 0 spiro atoms. The molecule has 0 saturated carbocycles. The van der Waals surface area contributed by atoms with Crippen LogP contribution in [0.5, 0.6) is 0 Å². The highest BCUT2D eigenvalue weighted by Gasteiger charge is 2.16. The van der Waals surface area contributed by atoms with Crippen molar-refractivity contribution >= 4 is 8.07 Å². The van der Waals surface area contributed by atoms with Gasteiger partial charge in [-0.1, -0.05) is 25.7 Å². The molecule has 0 N–H and O–H groups in total. The monoisotopic (exact) mass is 204 g/mol. The van der Waals surface area contributed by atoms with Gasteiger partial charge in [0, 0.05) is 28.2 Å². The topological polar surface area (TPSA) is 18.5 Å². The van der Waals surface area contributed by atoms with Crippen LogP contribution in [0.4, 0.5) is 0 Å². The van der Waals surface area contributed by atoms with Crippen molar-refractivity contribution in [3.05, 3.63) is 0 Å². The Hall–Kier alpha value is 0.137. The van der Waals surface area contributed by atoms with E-state index in [1.54, 1.807) is 14.2 Å². The van der Waals surface area contributed by atoms with Crippen LogP contribution in [0.3, 0.4) is 0 Å². The van der Waals surface area contributed by atoms with E-state index in [9.17, 15) is 0 Å². The molecular weight excluding hydrogens is 180 g/mol. The van der Waals surface area contributed by atoms with Crippen LogP contribution in [-0.4, -0.2) is 35.5 Å². The molecule has 0 heterocycles. The first kappa shape index (κ1) is 13.1. The van der Waals surface area contributed by atoms with E-state index in [4.69, 9.17) is 9.47 Å². The van der Waals surface area contributed by atoms with Crippen molar-refractivity contribution in [2.75, 3.05) is 27.4 Å². The molecule has 0 atom stereocenters. The van der Waals surface area contributed by atoms with Crippen LogP contribution in [-0.2, 0) is 9.47 Å². The van der Waals surface area contributed by atoms with Crippen LogP contribution in [0, 0.1) is 5.92 Å². The second kappa shape index (κ2) is 6.57. The number of ether oxygens (including phenoxy) is 2. The van der Waals surface area contributed by atoms with Crippen LogP contribution in [0.1, 0.15) is 6.42 Å². The Bertz CT molecular complexity index is 115. The van der Waals surface area contributed by atoms with Gasteiger partial charge in [0.15, 0.2) is 0 Å². The van der Waals surface area contributed by atoms with Gasteiger partial charge >= 0.3 is 0 Å². The lowest BCUT2D eigenvalue weighted by molar-refractivity contribution is 0.0828. The molecule has 3 heteroatoms. The van der Waals surface area contributed by atoms with Crippen molar-refractivity contribution in [1.29, 1.82) is 0 Å². The molecule has 0 bridgehead atoms. The van der Waals surface area contributed by atoms with Crippen molar-refractivity contribution < 1.29 is 9.47 Å². The summed E-state index contributed by atoms with van der Waals surface area (Å²) in [5.74, 6) is 0.585. The van der Waals surface area contributed by atoms with Crippen LogP contribution in [0.25, 0.3) is 0 Å². The van der Waals surface area contributed by atoms with E-state index in [0.29, 0.717) is 5.92 Å². The molecule has 0 aromatic carbocycles. The largest absolute Gasteiger partial charge is 0.384 e. The molecule has 80 valence electrons. The SMILES string of the molecule is COCC(CC[Si](C)(C)C)COC. The second-order valence-corrected chi connectivity index (χ2v) is 10.5. The zero-order valence-corrected chi connectivity index (χ0v) is 10.7. The first-order valence-corrected chi connectivity index (χ1v) is 8.68. The Morgan fingerprint density at radius 1 is 1.00 bits per heavy atom. The normalized spacial score (nSPS) is 12.5. The predicted octanol–water partition coefficient (Wildman–Crippen LogP) is 2.62. The molecule has 0 rings (SSSR count). The summed E-state index contributed by atoms with van der Waals surface area (Å²) in [6, 6.07) is 1.37. The third-order valence-electron chi connectivity index (χ3n) is 2.11. The summed E-state index contributed by atoms with van der Waals surface area (Å²) >= 11 is 0. The van der Waals surface area contributed by atoms with Crippen molar-refractivity contribution in [2.45, 2.75) is 32.1 Å². The maximum Gasteiger partial charge on any atom is 0.0512 e. The third-order valence-corrected chi connectivity index (χ3v) is 3.90. The fourth-order valence-electron chi connectivity index (χ4n) is 1.32. The number of methoxy groups -OCH3 is 2. The highest BCUT2D eigenvalue weighted by Crippen LogP contribution is 2.17. The Morgan fingerprint density at radius 3 is 1.77 bits per heavy atom. The lowest BCUT2D eigenvalue weighted by atomic mass is 10.1. The molecule has 0 aromatic rings. The van der Waals surface area contributed by atoms with Gasteiger partial charge in [-0.25, -0.2) is 0 Å². The number of hydrogen-bond acceptors (Lipinski definition) is 2. The summed E-state index contributed by atoms with van der Waals surface area (Å²) in [5.41, 5.74) is 0. The molecule has 0 aliphatic carbocycles. The predicted molar refractivity (Wildman–Crippen MR) is 60.0 cm³/mol. The van der Waals surface area contributed by atoms with Gasteiger partial charge in [0.25, 0.3) is 0 Å². The van der Waals surface area contributed by atoms with Crippen molar-refractivity contribution in [3.63, 3.8) is 0 Å². The highest BCUT2D eigenvalue weighted by molar-refractivity contribution is 6.76. The quantitative estimate of drug-likeness (QED) is 0.594. The first-order valence-electron chi connectivity index (χ1n) is 4.97. The maximum absolute atomic E-state index is 5.16. The van der Waals surface area contributed by atoms with Gasteiger partial charge in [-0.15, -0.1) is 0 Å². The van der Waals surface area contributed by atoms with E-state index in [0.717, 1.165) is 13.2 Å². The average Bonchev–Trinajstić information content (AvgIpc) is 2.00. The van der Waals surface area contributed by atoms with Gasteiger partial charge in [-0.2, -0.15) is 0 Å². The summed E-state index contributed by atoms with van der Waals surface area (Å²) in [4.78, 5) is 0. The van der Waals surface area contributed by atoms with Gasteiger partial charge < -0.3 is 9.47 Å². The minimum absolute atomic E-state index is 0.585. The molecule has 0 fully saturated rings. The standard InChI is InChI=1S/C10H24O2Si/c1-11-8-10(9-12-2)6-7-13(3,4)5/h10H,6-9H2,1-5H3. The van der Waals surface area contributed by atoms with Crippen LogP contribution in [0.15, 0.2) is 0 Å². The summed E-state index contributed by atoms with van der Waals surface area (Å²) in [7, 11) is 2.63. The molecule has 0 radical (unpaired) electrons. The zero-order chi connectivity index (χ0) is 10.3. The minimum Gasteiger partial charge on any atom is -0.384 e. The molecule has 0 unspecified atom stereocenters. The van der Waals surface area contributed by atoms with Gasteiger partial charge in [0.2, 0.25) is 0 Å². The summed E-state index contributed by atoms with van der Waals surface area (Å²) in [6.07, 6.45) is 1.25. The van der Waals surface area contributed by atoms with Crippen molar-refractivity contribution in [1.82, 2.24) is 0 Å². The van der Waals surface area contributed by atoms with E-state index in [-0.39, 0.29) is 0 Å². The molecule has 0 aliphatic rings. The Labute approximate surface area is 83.6 Å². The van der Waals surface area contributed by atoms with Gasteiger partial charge in [0.05, 0.1) is 13.2 Å².